The van der Waals surface area contributed by atoms with Gasteiger partial charge in [-0.25, -0.2) is 0 Å². The number of likely N-dealkylation sites (N-methyl/N-ethyl adjacent to an activating group) is 1. The van der Waals surface area contributed by atoms with Gasteiger partial charge in [0.1, 0.15) is 5.76 Å². The molecule has 3 nitrogen and oxygen atoms in total. The topological polar surface area (TPSA) is 34.4 Å². The van der Waals surface area contributed by atoms with Gasteiger partial charge in [0.05, 0.1) is 17.9 Å². The van der Waals surface area contributed by atoms with Crippen molar-refractivity contribution in [2.24, 2.45) is 0 Å². The third-order valence-electron chi connectivity index (χ3n) is 3.52. The third kappa shape index (κ3) is 2.02. The van der Waals surface area contributed by atoms with E-state index in [1.165, 1.54) is 12.8 Å². The molecule has 0 saturated heterocycles. The summed E-state index contributed by atoms with van der Waals surface area (Å²) in [4.78, 5) is 0. The van der Waals surface area contributed by atoms with Crippen LogP contribution in [0, 0.1) is 0 Å². The number of ether oxygens (including phenoxy) is 1. The molecule has 90 valence electrons. The Bertz CT molecular complexity index is 302. The largest absolute Gasteiger partial charge is 0.468 e. The minimum atomic E-state index is -0.0681. The van der Waals surface area contributed by atoms with Crippen LogP contribution in [0.15, 0.2) is 22.8 Å². The molecule has 3 heteroatoms. The smallest absolute Gasteiger partial charge is 0.123 e. The Kier molecular flexibility index (Phi) is 3.66. The molecule has 1 aliphatic carbocycles. The zero-order valence-electron chi connectivity index (χ0n) is 10.2. The van der Waals surface area contributed by atoms with E-state index < -0.39 is 0 Å². The second kappa shape index (κ2) is 5.02. The molecule has 0 spiro atoms. The number of rotatable bonds is 5. The van der Waals surface area contributed by atoms with Gasteiger partial charge >= 0.3 is 0 Å². The Labute approximate surface area is 97.2 Å². The fourth-order valence-corrected chi connectivity index (χ4v) is 2.90. The Morgan fingerprint density at radius 3 is 2.75 bits per heavy atom. The Morgan fingerprint density at radius 1 is 1.50 bits per heavy atom. The fraction of sp³-hybridized carbons (Fsp3) is 0.692. The van der Waals surface area contributed by atoms with Crippen LogP contribution in [0.4, 0.5) is 0 Å². The van der Waals surface area contributed by atoms with Gasteiger partial charge in [-0.15, -0.1) is 0 Å². The van der Waals surface area contributed by atoms with Crippen LogP contribution >= 0.6 is 0 Å². The first-order chi connectivity index (χ1) is 7.82. The van der Waals surface area contributed by atoms with E-state index in [-0.39, 0.29) is 11.6 Å². The predicted molar refractivity (Wildman–Crippen MR) is 63.3 cm³/mol. The van der Waals surface area contributed by atoms with Crippen LogP contribution in [-0.4, -0.2) is 19.3 Å². The predicted octanol–water partition coefficient (Wildman–Crippen LogP) is 2.89. The summed E-state index contributed by atoms with van der Waals surface area (Å²) in [6.07, 6.45) is 6.46. The summed E-state index contributed by atoms with van der Waals surface area (Å²) in [6, 6.07) is 4.14. The van der Waals surface area contributed by atoms with Crippen LogP contribution in [0.2, 0.25) is 0 Å². The normalized spacial score (nSPS) is 21.1. The van der Waals surface area contributed by atoms with Gasteiger partial charge in [-0.05, 0) is 38.9 Å². The van der Waals surface area contributed by atoms with Crippen molar-refractivity contribution < 1.29 is 9.15 Å². The maximum absolute atomic E-state index is 6.04. The summed E-state index contributed by atoms with van der Waals surface area (Å²) in [5.74, 6) is 0.984. The van der Waals surface area contributed by atoms with Crippen LogP contribution in [0.1, 0.15) is 44.4 Å². The molecule has 2 rings (SSSR count). The van der Waals surface area contributed by atoms with Gasteiger partial charge in [0, 0.05) is 6.61 Å². The summed E-state index contributed by atoms with van der Waals surface area (Å²) in [5, 5.41) is 3.35. The molecule has 0 amide bonds. The average Bonchev–Trinajstić information content (AvgIpc) is 2.92. The SMILES string of the molecule is CCOC1(C(NC)c2ccco2)CCCC1. The average molecular weight is 223 g/mol. The Balaban J connectivity index is 2.23. The molecule has 16 heavy (non-hydrogen) atoms. The van der Waals surface area contributed by atoms with Crippen molar-refractivity contribution in [3.05, 3.63) is 24.2 Å². The van der Waals surface area contributed by atoms with Gasteiger partial charge in [-0.2, -0.15) is 0 Å². The molecule has 0 radical (unpaired) electrons. The highest BCUT2D eigenvalue weighted by atomic mass is 16.5. The molecule has 0 aliphatic heterocycles. The standard InChI is InChI=1S/C13H21NO2/c1-3-16-13(8-4-5-9-13)12(14-2)11-7-6-10-15-11/h6-7,10,12,14H,3-5,8-9H2,1-2H3. The molecule has 1 aromatic heterocycles. The van der Waals surface area contributed by atoms with Gasteiger partial charge in [-0.3, -0.25) is 0 Å². The quantitative estimate of drug-likeness (QED) is 0.833. The third-order valence-corrected chi connectivity index (χ3v) is 3.52. The molecule has 1 aliphatic rings. The van der Waals surface area contributed by atoms with Gasteiger partial charge in [0.25, 0.3) is 0 Å². The Hall–Kier alpha value is -0.800. The first-order valence-corrected chi connectivity index (χ1v) is 6.17. The van der Waals surface area contributed by atoms with Gasteiger partial charge in [0.2, 0.25) is 0 Å². The van der Waals surface area contributed by atoms with Crippen molar-refractivity contribution >= 4 is 0 Å². The molecular weight excluding hydrogens is 202 g/mol. The van der Waals surface area contributed by atoms with Crippen molar-refractivity contribution in [3.63, 3.8) is 0 Å². The molecule has 1 aromatic rings. The van der Waals surface area contributed by atoms with Gasteiger partial charge in [0.15, 0.2) is 0 Å². The van der Waals surface area contributed by atoms with E-state index >= 15 is 0 Å². The van der Waals surface area contributed by atoms with Gasteiger partial charge in [-0.1, -0.05) is 12.8 Å². The van der Waals surface area contributed by atoms with E-state index in [2.05, 4.69) is 12.2 Å². The van der Waals surface area contributed by atoms with Crippen molar-refractivity contribution in [2.45, 2.75) is 44.2 Å². The summed E-state index contributed by atoms with van der Waals surface area (Å²) in [5.41, 5.74) is -0.0681. The zero-order valence-corrected chi connectivity index (χ0v) is 10.2. The van der Waals surface area contributed by atoms with E-state index in [0.29, 0.717) is 0 Å². The van der Waals surface area contributed by atoms with E-state index in [4.69, 9.17) is 9.15 Å². The van der Waals surface area contributed by atoms with E-state index in [1.54, 1.807) is 6.26 Å². The zero-order chi connectivity index (χ0) is 11.4. The van der Waals surface area contributed by atoms with Crippen LogP contribution in [0.5, 0.6) is 0 Å². The van der Waals surface area contributed by atoms with Crippen molar-refractivity contribution in [3.8, 4) is 0 Å². The summed E-state index contributed by atoms with van der Waals surface area (Å²) in [6.45, 7) is 2.83. The lowest BCUT2D eigenvalue weighted by atomic mass is 9.90. The van der Waals surface area contributed by atoms with E-state index in [9.17, 15) is 0 Å². The molecule has 1 atom stereocenters. The number of hydrogen-bond acceptors (Lipinski definition) is 3. The van der Waals surface area contributed by atoms with Crippen molar-refractivity contribution in [2.75, 3.05) is 13.7 Å². The molecule has 1 unspecified atom stereocenters. The van der Waals surface area contributed by atoms with E-state index in [0.717, 1.165) is 25.2 Å². The molecule has 1 fully saturated rings. The maximum Gasteiger partial charge on any atom is 0.123 e. The number of furan rings is 1. The van der Waals surface area contributed by atoms with Gasteiger partial charge < -0.3 is 14.5 Å². The lowest BCUT2D eigenvalue weighted by Gasteiger charge is -2.36. The minimum Gasteiger partial charge on any atom is -0.468 e. The van der Waals surface area contributed by atoms with Crippen molar-refractivity contribution in [1.82, 2.24) is 5.32 Å². The van der Waals surface area contributed by atoms with Crippen LogP contribution in [-0.2, 0) is 4.74 Å². The summed E-state index contributed by atoms with van der Waals surface area (Å²) >= 11 is 0. The highest BCUT2D eigenvalue weighted by molar-refractivity contribution is 5.12. The highest BCUT2D eigenvalue weighted by Gasteiger charge is 2.43. The second-order valence-corrected chi connectivity index (χ2v) is 4.44. The monoisotopic (exact) mass is 223 g/mol. The number of hydrogen-bond donors (Lipinski definition) is 1. The van der Waals surface area contributed by atoms with Crippen LogP contribution in [0.3, 0.4) is 0 Å². The number of nitrogens with one attached hydrogen (secondary N) is 1. The van der Waals surface area contributed by atoms with Crippen molar-refractivity contribution in [1.29, 1.82) is 0 Å². The minimum absolute atomic E-state index is 0.0681. The maximum atomic E-state index is 6.04. The second-order valence-electron chi connectivity index (χ2n) is 4.44. The molecule has 0 bridgehead atoms. The highest BCUT2D eigenvalue weighted by Crippen LogP contribution is 2.42. The molecule has 1 saturated carbocycles. The summed E-state index contributed by atoms with van der Waals surface area (Å²) in [7, 11) is 1.98. The fourth-order valence-electron chi connectivity index (χ4n) is 2.90. The first kappa shape index (κ1) is 11.7. The first-order valence-electron chi connectivity index (χ1n) is 6.17. The molecule has 0 aromatic carbocycles. The van der Waals surface area contributed by atoms with E-state index in [1.807, 2.05) is 19.2 Å². The van der Waals surface area contributed by atoms with Crippen LogP contribution in [0.25, 0.3) is 0 Å². The molecular formula is C13H21NO2. The molecule has 1 N–H and O–H groups in total. The molecule has 1 heterocycles. The lowest BCUT2D eigenvalue weighted by Crippen LogP contribution is -2.42. The Morgan fingerprint density at radius 2 is 2.25 bits per heavy atom. The lowest BCUT2D eigenvalue weighted by molar-refractivity contribution is -0.0654. The summed E-state index contributed by atoms with van der Waals surface area (Å²) < 4.78 is 11.6. The van der Waals surface area contributed by atoms with Crippen LogP contribution < -0.4 is 5.32 Å².